The number of nitrogens with zero attached hydrogens (tertiary/aromatic N) is 2. The summed E-state index contributed by atoms with van der Waals surface area (Å²) >= 11 is 0. The number of benzene rings is 2. The van der Waals surface area contributed by atoms with E-state index in [9.17, 15) is 8.78 Å². The molecule has 2 nitrogen and oxygen atoms in total. The highest BCUT2D eigenvalue weighted by Gasteiger charge is 2.13. The summed E-state index contributed by atoms with van der Waals surface area (Å²) in [5.74, 6) is -0.680. The van der Waals surface area contributed by atoms with E-state index >= 15 is 0 Å². The van der Waals surface area contributed by atoms with Crippen molar-refractivity contribution in [3.63, 3.8) is 0 Å². The minimum atomic E-state index is -0.370. The first-order chi connectivity index (χ1) is 10.2. The van der Waals surface area contributed by atoms with Crippen molar-refractivity contribution in [2.45, 2.75) is 6.92 Å². The van der Waals surface area contributed by atoms with Crippen molar-refractivity contribution in [1.82, 2.24) is 9.97 Å². The lowest BCUT2D eigenvalue weighted by molar-refractivity contribution is 0.619. The van der Waals surface area contributed by atoms with Crippen molar-refractivity contribution >= 4 is 0 Å². The summed E-state index contributed by atoms with van der Waals surface area (Å²) in [6.07, 6.45) is 2.93. The lowest BCUT2D eigenvalue weighted by atomic mass is 9.99. The maximum Gasteiger partial charge on any atom is 0.132 e. The fourth-order valence-corrected chi connectivity index (χ4v) is 2.17. The molecule has 0 saturated carbocycles. The van der Waals surface area contributed by atoms with E-state index in [1.807, 2.05) is 0 Å². The van der Waals surface area contributed by atoms with Crippen molar-refractivity contribution in [3.8, 4) is 22.4 Å². The van der Waals surface area contributed by atoms with Gasteiger partial charge in [0.15, 0.2) is 0 Å². The SMILES string of the molecule is Cc1ccc(-c2cncnc2-c2ccccc2F)cc1F. The molecule has 0 unspecified atom stereocenters. The second-order valence-electron chi connectivity index (χ2n) is 4.73. The van der Waals surface area contributed by atoms with Crippen LogP contribution < -0.4 is 0 Å². The molecule has 0 aliphatic heterocycles. The van der Waals surface area contributed by atoms with Crippen LogP contribution in [0.3, 0.4) is 0 Å². The summed E-state index contributed by atoms with van der Waals surface area (Å²) in [5, 5.41) is 0. The van der Waals surface area contributed by atoms with Crippen molar-refractivity contribution in [2.24, 2.45) is 0 Å². The second kappa shape index (κ2) is 5.40. The van der Waals surface area contributed by atoms with Gasteiger partial charge in [-0.3, -0.25) is 0 Å². The van der Waals surface area contributed by atoms with Crippen LogP contribution in [0.25, 0.3) is 22.4 Å². The number of hydrogen-bond acceptors (Lipinski definition) is 2. The summed E-state index contributed by atoms with van der Waals surface area (Å²) in [7, 11) is 0. The Labute approximate surface area is 121 Å². The maximum absolute atomic E-state index is 14.0. The van der Waals surface area contributed by atoms with Crippen LogP contribution in [0, 0.1) is 18.6 Å². The molecular formula is C17H12F2N2. The zero-order valence-corrected chi connectivity index (χ0v) is 11.3. The van der Waals surface area contributed by atoms with Crippen LogP contribution >= 0.6 is 0 Å². The standard InChI is InChI=1S/C17H12F2N2/c1-11-6-7-12(8-16(11)19)14-9-20-10-21-17(14)13-4-2-3-5-15(13)18/h2-10H,1H3. The van der Waals surface area contributed by atoms with Crippen molar-refractivity contribution in [2.75, 3.05) is 0 Å². The third-order valence-corrected chi connectivity index (χ3v) is 3.32. The molecule has 0 amide bonds. The number of halogens is 2. The van der Waals surface area contributed by atoms with Gasteiger partial charge in [-0.05, 0) is 36.2 Å². The number of rotatable bonds is 2. The van der Waals surface area contributed by atoms with Crippen LogP contribution in [0.15, 0.2) is 55.0 Å². The Balaban J connectivity index is 2.21. The van der Waals surface area contributed by atoms with Gasteiger partial charge in [-0.25, -0.2) is 18.7 Å². The molecule has 2 aromatic carbocycles. The second-order valence-corrected chi connectivity index (χ2v) is 4.73. The summed E-state index contributed by atoms with van der Waals surface area (Å²) in [6.45, 7) is 1.69. The lowest BCUT2D eigenvalue weighted by Gasteiger charge is -2.09. The molecule has 0 N–H and O–H groups in total. The van der Waals surface area contributed by atoms with Gasteiger partial charge in [-0.2, -0.15) is 0 Å². The van der Waals surface area contributed by atoms with Crippen molar-refractivity contribution in [1.29, 1.82) is 0 Å². The van der Waals surface area contributed by atoms with Crippen LogP contribution in [-0.4, -0.2) is 9.97 Å². The fourth-order valence-electron chi connectivity index (χ4n) is 2.17. The van der Waals surface area contributed by atoms with Gasteiger partial charge in [0, 0.05) is 17.3 Å². The van der Waals surface area contributed by atoms with Crippen LogP contribution in [0.2, 0.25) is 0 Å². The van der Waals surface area contributed by atoms with E-state index in [-0.39, 0.29) is 11.6 Å². The Hall–Kier alpha value is -2.62. The molecule has 21 heavy (non-hydrogen) atoms. The number of aromatic nitrogens is 2. The maximum atomic E-state index is 14.0. The van der Waals surface area contributed by atoms with Gasteiger partial charge in [-0.1, -0.05) is 24.3 Å². The van der Waals surface area contributed by atoms with Gasteiger partial charge in [0.25, 0.3) is 0 Å². The van der Waals surface area contributed by atoms with Gasteiger partial charge >= 0.3 is 0 Å². The van der Waals surface area contributed by atoms with E-state index in [1.54, 1.807) is 43.5 Å². The molecule has 0 bridgehead atoms. The lowest BCUT2D eigenvalue weighted by Crippen LogP contribution is -1.94. The zero-order chi connectivity index (χ0) is 14.8. The highest BCUT2D eigenvalue weighted by molar-refractivity contribution is 5.80. The Morgan fingerprint density at radius 3 is 2.48 bits per heavy atom. The Morgan fingerprint density at radius 2 is 1.71 bits per heavy atom. The van der Waals surface area contributed by atoms with Gasteiger partial charge in [0.2, 0.25) is 0 Å². The Bertz CT molecular complexity index is 800. The normalized spacial score (nSPS) is 10.6. The quantitative estimate of drug-likeness (QED) is 0.696. The molecule has 0 aliphatic carbocycles. The van der Waals surface area contributed by atoms with E-state index in [4.69, 9.17) is 0 Å². The Kier molecular flexibility index (Phi) is 3.44. The summed E-state index contributed by atoms with van der Waals surface area (Å²) in [5.41, 5.74) is 2.60. The van der Waals surface area contributed by atoms with Crippen LogP contribution in [0.4, 0.5) is 8.78 Å². The van der Waals surface area contributed by atoms with Gasteiger partial charge in [0.1, 0.15) is 18.0 Å². The monoisotopic (exact) mass is 282 g/mol. The van der Waals surface area contributed by atoms with Gasteiger partial charge < -0.3 is 0 Å². The first kappa shape index (κ1) is 13.4. The third-order valence-electron chi connectivity index (χ3n) is 3.32. The molecule has 104 valence electrons. The van der Waals surface area contributed by atoms with E-state index < -0.39 is 0 Å². The molecule has 0 saturated heterocycles. The highest BCUT2D eigenvalue weighted by Crippen LogP contribution is 2.31. The fraction of sp³-hybridized carbons (Fsp3) is 0.0588. The summed E-state index contributed by atoms with van der Waals surface area (Å²) in [4.78, 5) is 8.14. The van der Waals surface area contributed by atoms with Gasteiger partial charge in [0.05, 0.1) is 5.69 Å². The van der Waals surface area contributed by atoms with Crippen molar-refractivity contribution in [3.05, 3.63) is 72.2 Å². The van der Waals surface area contributed by atoms with Crippen LogP contribution in [0.1, 0.15) is 5.56 Å². The zero-order valence-electron chi connectivity index (χ0n) is 11.3. The molecule has 3 aromatic rings. The average molecular weight is 282 g/mol. The molecule has 1 aromatic heterocycles. The molecule has 4 heteroatoms. The Morgan fingerprint density at radius 1 is 0.905 bits per heavy atom. The summed E-state index contributed by atoms with van der Waals surface area (Å²) in [6, 6.07) is 11.2. The molecule has 0 aliphatic rings. The molecule has 0 spiro atoms. The number of hydrogen-bond donors (Lipinski definition) is 0. The topological polar surface area (TPSA) is 25.8 Å². The molecule has 0 atom stereocenters. The number of aryl methyl sites for hydroxylation is 1. The highest BCUT2D eigenvalue weighted by atomic mass is 19.1. The average Bonchev–Trinajstić information content (AvgIpc) is 2.51. The third kappa shape index (κ3) is 2.52. The molecule has 3 rings (SSSR count). The molecular weight excluding hydrogens is 270 g/mol. The summed E-state index contributed by atoms with van der Waals surface area (Å²) < 4.78 is 27.7. The first-order valence-corrected chi connectivity index (χ1v) is 6.48. The van der Waals surface area contributed by atoms with E-state index in [1.165, 1.54) is 18.5 Å². The largest absolute Gasteiger partial charge is 0.244 e. The van der Waals surface area contributed by atoms with Crippen molar-refractivity contribution < 1.29 is 8.78 Å². The predicted octanol–water partition coefficient (Wildman–Crippen LogP) is 4.40. The van der Waals surface area contributed by atoms with Crippen LogP contribution in [-0.2, 0) is 0 Å². The first-order valence-electron chi connectivity index (χ1n) is 6.48. The van der Waals surface area contributed by atoms with E-state index in [2.05, 4.69) is 9.97 Å². The van der Waals surface area contributed by atoms with Crippen LogP contribution in [0.5, 0.6) is 0 Å². The minimum absolute atomic E-state index is 0.309. The molecule has 0 fully saturated rings. The molecule has 1 heterocycles. The smallest absolute Gasteiger partial charge is 0.132 e. The van der Waals surface area contributed by atoms with E-state index in [0.29, 0.717) is 27.9 Å². The minimum Gasteiger partial charge on any atom is -0.244 e. The van der Waals surface area contributed by atoms with E-state index in [0.717, 1.165) is 0 Å². The molecule has 0 radical (unpaired) electrons. The van der Waals surface area contributed by atoms with Gasteiger partial charge in [-0.15, -0.1) is 0 Å². The predicted molar refractivity (Wildman–Crippen MR) is 77.6 cm³/mol.